The second-order valence-corrected chi connectivity index (χ2v) is 7.10. The van der Waals surface area contributed by atoms with E-state index in [9.17, 15) is 0 Å². The van der Waals surface area contributed by atoms with E-state index in [2.05, 4.69) is 71.3 Å². The van der Waals surface area contributed by atoms with E-state index in [0.717, 1.165) is 13.0 Å². The van der Waals surface area contributed by atoms with Gasteiger partial charge in [-0.05, 0) is 61.3 Å². The molecule has 0 radical (unpaired) electrons. The third-order valence-electron chi connectivity index (χ3n) is 4.95. The molecule has 3 rings (SSSR count). The Morgan fingerprint density at radius 1 is 0.840 bits per heavy atom. The van der Waals surface area contributed by atoms with Crippen LogP contribution in [0.3, 0.4) is 0 Å². The fourth-order valence-corrected chi connectivity index (χ4v) is 3.46. The highest BCUT2D eigenvalue weighted by Crippen LogP contribution is 2.20. The number of H-pyrrole nitrogens is 1. The maximum absolute atomic E-state index is 3.59. The minimum absolute atomic E-state index is 1.13. The Morgan fingerprint density at radius 2 is 1.68 bits per heavy atom. The minimum Gasteiger partial charge on any atom is -0.358 e. The van der Waals surface area contributed by atoms with Crippen LogP contribution in [0.2, 0.25) is 0 Å². The van der Waals surface area contributed by atoms with Gasteiger partial charge in [-0.25, -0.2) is 4.57 Å². The number of aromatic amines is 1. The van der Waals surface area contributed by atoms with Gasteiger partial charge in [-0.2, -0.15) is 0 Å². The highest BCUT2D eigenvalue weighted by atomic mass is 14.9. The highest BCUT2D eigenvalue weighted by molar-refractivity contribution is 5.81. The van der Waals surface area contributed by atoms with Crippen LogP contribution in [0.1, 0.15) is 56.7 Å². The van der Waals surface area contributed by atoms with Crippen LogP contribution in [-0.2, 0) is 19.4 Å². The molecule has 0 aliphatic heterocycles. The normalized spacial score (nSPS) is 11.2. The lowest BCUT2D eigenvalue weighted by atomic mass is 10.1. The van der Waals surface area contributed by atoms with Gasteiger partial charge in [0.05, 0.1) is 0 Å². The number of nitrogens with zero attached hydrogens (tertiary/aromatic N) is 1. The number of nitrogens with one attached hydrogen (secondary N) is 1. The van der Waals surface area contributed by atoms with Gasteiger partial charge in [-0.3, -0.25) is 0 Å². The third-order valence-corrected chi connectivity index (χ3v) is 4.95. The number of pyridine rings is 1. The minimum atomic E-state index is 1.13. The van der Waals surface area contributed by atoms with Crippen molar-refractivity contribution < 1.29 is 4.57 Å². The molecule has 0 saturated heterocycles. The highest BCUT2D eigenvalue weighted by Gasteiger charge is 2.03. The molecule has 1 aromatic carbocycles. The molecule has 0 saturated carbocycles. The van der Waals surface area contributed by atoms with E-state index in [1.54, 1.807) is 0 Å². The van der Waals surface area contributed by atoms with E-state index < -0.39 is 0 Å². The summed E-state index contributed by atoms with van der Waals surface area (Å²) in [4.78, 5) is 3.59. The van der Waals surface area contributed by atoms with Crippen LogP contribution in [-0.4, -0.2) is 4.98 Å². The van der Waals surface area contributed by atoms with Gasteiger partial charge in [0.1, 0.15) is 6.54 Å². The van der Waals surface area contributed by atoms with E-state index in [0.29, 0.717) is 0 Å². The number of benzene rings is 1. The number of aryl methyl sites for hydroxylation is 3. The summed E-state index contributed by atoms with van der Waals surface area (Å²) in [5.74, 6) is 0. The molecule has 0 bridgehead atoms. The molecule has 2 aromatic heterocycles. The standard InChI is InChI=1S/C23H31N2/c1-2-3-11-20-13-14-23-21(18-20)19-22(24-23)12-7-4-5-8-15-25-16-9-6-10-17-25/h6,9-10,13-14,16-19,24H,2-5,7-8,11-12,15H2,1H3/q+1. The van der Waals surface area contributed by atoms with Crippen LogP contribution in [0.5, 0.6) is 0 Å². The lowest BCUT2D eigenvalue weighted by Crippen LogP contribution is -2.32. The summed E-state index contributed by atoms with van der Waals surface area (Å²) in [6.07, 6.45) is 14.4. The van der Waals surface area contributed by atoms with Gasteiger partial charge in [0.2, 0.25) is 0 Å². The van der Waals surface area contributed by atoms with Crippen LogP contribution >= 0.6 is 0 Å². The molecule has 0 amide bonds. The molecule has 25 heavy (non-hydrogen) atoms. The van der Waals surface area contributed by atoms with Crippen LogP contribution in [0.25, 0.3) is 10.9 Å². The molecule has 0 unspecified atom stereocenters. The maximum atomic E-state index is 3.59. The molecule has 3 aromatic rings. The van der Waals surface area contributed by atoms with Crippen molar-refractivity contribution in [2.45, 2.75) is 64.8 Å². The molecule has 132 valence electrons. The number of hydrogen-bond acceptors (Lipinski definition) is 0. The molecule has 0 fully saturated rings. The Morgan fingerprint density at radius 3 is 2.52 bits per heavy atom. The first-order chi connectivity index (χ1) is 12.3. The van der Waals surface area contributed by atoms with Gasteiger partial charge < -0.3 is 4.98 Å². The van der Waals surface area contributed by atoms with Gasteiger partial charge >= 0.3 is 0 Å². The monoisotopic (exact) mass is 335 g/mol. The summed E-state index contributed by atoms with van der Waals surface area (Å²) in [5, 5.41) is 1.38. The lowest BCUT2D eigenvalue weighted by Gasteiger charge is -1.99. The summed E-state index contributed by atoms with van der Waals surface area (Å²) in [5.41, 5.74) is 4.15. The smallest absolute Gasteiger partial charge is 0.168 e. The SMILES string of the molecule is CCCCc1ccc2[nH]c(CCCCCC[n+]3ccccc3)cc2c1. The maximum Gasteiger partial charge on any atom is 0.168 e. The predicted octanol–water partition coefficient (Wildman–Crippen LogP) is 5.60. The van der Waals surface area contributed by atoms with Crippen molar-refractivity contribution in [1.29, 1.82) is 0 Å². The van der Waals surface area contributed by atoms with Crippen LogP contribution in [0.4, 0.5) is 0 Å². The van der Waals surface area contributed by atoms with Gasteiger partial charge in [0, 0.05) is 29.8 Å². The number of rotatable bonds is 10. The number of aromatic nitrogens is 2. The van der Waals surface area contributed by atoms with Crippen molar-refractivity contribution >= 4 is 10.9 Å². The summed E-state index contributed by atoms with van der Waals surface area (Å²) in [6.45, 7) is 3.39. The van der Waals surface area contributed by atoms with E-state index >= 15 is 0 Å². The lowest BCUT2D eigenvalue weighted by molar-refractivity contribution is -0.697. The zero-order valence-electron chi connectivity index (χ0n) is 15.5. The van der Waals surface area contributed by atoms with Gasteiger partial charge in [0.15, 0.2) is 12.4 Å². The van der Waals surface area contributed by atoms with Crippen LogP contribution in [0.15, 0.2) is 54.9 Å². The van der Waals surface area contributed by atoms with E-state index in [-0.39, 0.29) is 0 Å². The fourth-order valence-electron chi connectivity index (χ4n) is 3.46. The number of unbranched alkanes of at least 4 members (excludes halogenated alkanes) is 4. The summed E-state index contributed by atoms with van der Waals surface area (Å²) >= 11 is 0. The van der Waals surface area contributed by atoms with Crippen molar-refractivity contribution in [2.24, 2.45) is 0 Å². The zero-order chi connectivity index (χ0) is 17.3. The van der Waals surface area contributed by atoms with Gasteiger partial charge in [-0.15, -0.1) is 0 Å². The second kappa shape index (κ2) is 9.41. The number of hydrogen-bond donors (Lipinski definition) is 1. The molecule has 2 nitrogen and oxygen atoms in total. The van der Waals surface area contributed by atoms with Crippen LogP contribution < -0.4 is 4.57 Å². The summed E-state index contributed by atoms with van der Waals surface area (Å²) in [6, 6.07) is 15.5. The summed E-state index contributed by atoms with van der Waals surface area (Å²) in [7, 11) is 0. The first-order valence-corrected chi connectivity index (χ1v) is 9.90. The van der Waals surface area contributed by atoms with Crippen molar-refractivity contribution in [1.82, 2.24) is 4.98 Å². The van der Waals surface area contributed by atoms with Crippen molar-refractivity contribution in [2.75, 3.05) is 0 Å². The molecule has 2 heterocycles. The first-order valence-electron chi connectivity index (χ1n) is 9.90. The molecule has 0 aliphatic rings. The van der Waals surface area contributed by atoms with Gasteiger partial charge in [0.25, 0.3) is 0 Å². The fraction of sp³-hybridized carbons (Fsp3) is 0.435. The molecule has 0 atom stereocenters. The molecule has 1 N–H and O–H groups in total. The topological polar surface area (TPSA) is 19.7 Å². The average molecular weight is 336 g/mol. The van der Waals surface area contributed by atoms with Gasteiger partial charge in [-0.1, -0.05) is 31.9 Å². The van der Waals surface area contributed by atoms with Crippen molar-refractivity contribution in [3.63, 3.8) is 0 Å². The predicted molar refractivity (Wildman–Crippen MR) is 106 cm³/mol. The Kier molecular flexibility index (Phi) is 6.67. The summed E-state index contributed by atoms with van der Waals surface area (Å²) < 4.78 is 2.27. The molecular formula is C23H31N2+. The molecule has 0 aliphatic carbocycles. The number of fused-ring (bicyclic) bond motifs is 1. The van der Waals surface area contributed by atoms with E-state index in [1.165, 1.54) is 67.1 Å². The van der Waals surface area contributed by atoms with Crippen molar-refractivity contribution in [3.05, 3.63) is 66.1 Å². The van der Waals surface area contributed by atoms with Crippen molar-refractivity contribution in [3.8, 4) is 0 Å². The quantitative estimate of drug-likeness (QED) is 0.367. The Balaban J connectivity index is 1.40. The van der Waals surface area contributed by atoms with E-state index in [4.69, 9.17) is 0 Å². The Hall–Kier alpha value is -2.09. The molecule has 2 heteroatoms. The third kappa shape index (κ3) is 5.45. The second-order valence-electron chi connectivity index (χ2n) is 7.10. The average Bonchev–Trinajstić information content (AvgIpc) is 3.05. The van der Waals surface area contributed by atoms with E-state index in [1.807, 2.05) is 0 Å². The molecule has 0 spiro atoms. The Labute approximate surface area is 151 Å². The largest absolute Gasteiger partial charge is 0.358 e. The zero-order valence-corrected chi connectivity index (χ0v) is 15.5. The Bertz CT molecular complexity index is 758. The first kappa shape index (κ1) is 17.7. The van der Waals surface area contributed by atoms with Crippen LogP contribution in [0, 0.1) is 0 Å². The molecular weight excluding hydrogens is 304 g/mol.